The highest BCUT2D eigenvalue weighted by Crippen LogP contribution is 2.16. The third-order valence-electron chi connectivity index (χ3n) is 4.63. The number of nitrogens with one attached hydrogen (secondary N) is 1. The van der Waals surface area contributed by atoms with Crippen molar-refractivity contribution in [1.29, 1.82) is 0 Å². The van der Waals surface area contributed by atoms with Crippen LogP contribution in [0.4, 0.5) is 0 Å². The predicted molar refractivity (Wildman–Crippen MR) is 111 cm³/mol. The Morgan fingerprint density at radius 3 is 2.21 bits per heavy atom. The van der Waals surface area contributed by atoms with Gasteiger partial charge in [-0.1, -0.05) is 42.0 Å². The third-order valence-corrected chi connectivity index (χ3v) is 5.66. The van der Waals surface area contributed by atoms with Crippen LogP contribution >= 0.6 is 11.8 Å². The van der Waals surface area contributed by atoms with Crippen LogP contribution in [0.15, 0.2) is 48.5 Å². The van der Waals surface area contributed by atoms with Crippen LogP contribution < -0.4 is 5.32 Å². The van der Waals surface area contributed by atoms with Gasteiger partial charge in [-0.3, -0.25) is 19.3 Å². The lowest BCUT2D eigenvalue weighted by Gasteiger charge is -2.14. The van der Waals surface area contributed by atoms with Crippen LogP contribution in [0.25, 0.3) is 0 Å². The first-order valence-electron chi connectivity index (χ1n) is 9.36. The minimum atomic E-state index is -0.130. The molecule has 2 aromatic carbocycles. The van der Waals surface area contributed by atoms with Crippen LogP contribution in [-0.4, -0.2) is 34.9 Å². The number of hydrogen-bond acceptors (Lipinski definition) is 4. The molecule has 2 aromatic rings. The number of amides is 3. The highest BCUT2D eigenvalue weighted by molar-refractivity contribution is 7.98. The maximum atomic E-state index is 12.2. The number of carbonyl (C=O) groups excluding carboxylic acids is 3. The van der Waals surface area contributed by atoms with Gasteiger partial charge in [-0.05, 0) is 30.2 Å². The summed E-state index contributed by atoms with van der Waals surface area (Å²) in [5.41, 5.74) is 3.96. The van der Waals surface area contributed by atoms with E-state index in [2.05, 4.69) is 36.5 Å². The van der Waals surface area contributed by atoms with E-state index >= 15 is 0 Å². The van der Waals surface area contributed by atoms with Crippen molar-refractivity contribution in [2.45, 2.75) is 32.1 Å². The van der Waals surface area contributed by atoms with Gasteiger partial charge in [-0.25, -0.2) is 0 Å². The average Bonchev–Trinajstić information content (AvgIpc) is 3.01. The summed E-state index contributed by atoms with van der Waals surface area (Å²) >= 11 is 1.79. The molecule has 3 rings (SSSR count). The fraction of sp³-hybridized carbons (Fsp3) is 0.318. The maximum absolute atomic E-state index is 12.2. The van der Waals surface area contributed by atoms with Gasteiger partial charge in [-0.2, -0.15) is 11.8 Å². The van der Waals surface area contributed by atoms with E-state index in [0.717, 1.165) is 17.1 Å². The summed E-state index contributed by atoms with van der Waals surface area (Å²) in [4.78, 5) is 36.9. The Balaban J connectivity index is 1.40. The van der Waals surface area contributed by atoms with Gasteiger partial charge < -0.3 is 5.32 Å². The predicted octanol–water partition coefficient (Wildman–Crippen LogP) is 3.31. The molecule has 1 fully saturated rings. The van der Waals surface area contributed by atoms with E-state index in [-0.39, 0.29) is 24.3 Å². The number of likely N-dealkylation sites (tertiary alicyclic amines) is 1. The molecule has 0 aromatic heterocycles. The molecule has 146 valence electrons. The number of benzene rings is 2. The highest BCUT2D eigenvalue weighted by atomic mass is 32.2. The molecule has 5 nitrogen and oxygen atoms in total. The molecule has 0 saturated carbocycles. The summed E-state index contributed by atoms with van der Waals surface area (Å²) in [7, 11) is 0. The second-order valence-electron chi connectivity index (χ2n) is 6.86. The monoisotopic (exact) mass is 396 g/mol. The SMILES string of the molecule is Cc1ccc(CSCCNC(=O)c2ccc(CN3C(=O)CCC3=O)cc2)cc1. The third kappa shape index (κ3) is 5.45. The Hall–Kier alpha value is -2.60. The second kappa shape index (κ2) is 9.55. The Morgan fingerprint density at radius 2 is 1.57 bits per heavy atom. The summed E-state index contributed by atoms with van der Waals surface area (Å²) in [6.45, 7) is 2.95. The number of thioether (sulfide) groups is 1. The van der Waals surface area contributed by atoms with Gasteiger partial charge in [0.2, 0.25) is 11.8 Å². The highest BCUT2D eigenvalue weighted by Gasteiger charge is 2.28. The molecule has 3 amide bonds. The van der Waals surface area contributed by atoms with Crippen molar-refractivity contribution in [2.75, 3.05) is 12.3 Å². The Morgan fingerprint density at radius 1 is 0.964 bits per heavy atom. The minimum absolute atomic E-state index is 0.115. The molecule has 1 saturated heterocycles. The average molecular weight is 397 g/mol. The van der Waals surface area contributed by atoms with Gasteiger partial charge in [-0.15, -0.1) is 0 Å². The van der Waals surface area contributed by atoms with Gasteiger partial charge in [0.05, 0.1) is 6.54 Å². The van der Waals surface area contributed by atoms with Gasteiger partial charge in [0.25, 0.3) is 5.91 Å². The molecule has 0 bridgehead atoms. The fourth-order valence-corrected chi connectivity index (χ4v) is 3.78. The minimum Gasteiger partial charge on any atom is -0.351 e. The Kier molecular flexibility index (Phi) is 6.87. The van der Waals surface area contributed by atoms with E-state index in [4.69, 9.17) is 0 Å². The molecular weight excluding hydrogens is 372 g/mol. The molecule has 0 spiro atoms. The van der Waals surface area contributed by atoms with E-state index in [9.17, 15) is 14.4 Å². The van der Waals surface area contributed by atoms with Crippen molar-refractivity contribution < 1.29 is 14.4 Å². The molecule has 1 aliphatic heterocycles. The lowest BCUT2D eigenvalue weighted by atomic mass is 10.1. The first kappa shape index (κ1) is 20.1. The van der Waals surface area contributed by atoms with Gasteiger partial charge in [0.15, 0.2) is 0 Å². The normalized spacial score (nSPS) is 13.8. The van der Waals surface area contributed by atoms with E-state index in [1.165, 1.54) is 16.0 Å². The Labute approximate surface area is 169 Å². The maximum Gasteiger partial charge on any atom is 0.251 e. The summed E-state index contributed by atoms with van der Waals surface area (Å²) in [6.07, 6.45) is 0.586. The lowest BCUT2D eigenvalue weighted by molar-refractivity contribution is -0.139. The largest absolute Gasteiger partial charge is 0.351 e. The standard InChI is InChI=1S/C22H24N2O3S/c1-16-2-4-18(5-3-16)15-28-13-12-23-22(27)19-8-6-17(7-9-19)14-24-20(25)10-11-21(24)26/h2-9H,10-15H2,1H3,(H,23,27). The summed E-state index contributed by atoms with van der Waals surface area (Å²) in [5.74, 6) is 1.40. The van der Waals surface area contributed by atoms with Crippen LogP contribution in [0.1, 0.15) is 39.9 Å². The molecule has 0 unspecified atom stereocenters. The van der Waals surface area contributed by atoms with Crippen molar-refractivity contribution in [3.05, 3.63) is 70.8 Å². The van der Waals surface area contributed by atoms with Crippen LogP contribution in [0.2, 0.25) is 0 Å². The van der Waals surface area contributed by atoms with Crippen LogP contribution in [0.5, 0.6) is 0 Å². The van der Waals surface area contributed by atoms with Crippen LogP contribution in [0.3, 0.4) is 0 Å². The number of aryl methyl sites for hydroxylation is 1. The molecule has 1 heterocycles. The number of rotatable bonds is 8. The summed E-state index contributed by atoms with van der Waals surface area (Å²) < 4.78 is 0. The van der Waals surface area contributed by atoms with Crippen molar-refractivity contribution in [3.63, 3.8) is 0 Å². The zero-order chi connectivity index (χ0) is 19.9. The summed E-state index contributed by atoms with van der Waals surface area (Å²) in [6, 6.07) is 15.5. The zero-order valence-corrected chi connectivity index (χ0v) is 16.8. The smallest absolute Gasteiger partial charge is 0.251 e. The molecule has 6 heteroatoms. The Bertz CT molecular complexity index is 831. The first-order valence-corrected chi connectivity index (χ1v) is 10.5. The van der Waals surface area contributed by atoms with Gasteiger partial charge >= 0.3 is 0 Å². The van der Waals surface area contributed by atoms with Crippen LogP contribution in [0, 0.1) is 6.92 Å². The van der Waals surface area contributed by atoms with Gasteiger partial charge in [0.1, 0.15) is 0 Å². The number of carbonyl (C=O) groups is 3. The molecule has 0 aliphatic carbocycles. The first-order chi connectivity index (χ1) is 13.5. The van der Waals surface area contributed by atoms with Gasteiger partial charge in [0, 0.05) is 36.5 Å². The van der Waals surface area contributed by atoms with Crippen molar-refractivity contribution >= 4 is 29.5 Å². The molecule has 0 atom stereocenters. The summed E-state index contributed by atoms with van der Waals surface area (Å²) in [5, 5.41) is 2.92. The van der Waals surface area contributed by atoms with Crippen LogP contribution in [-0.2, 0) is 21.9 Å². The number of hydrogen-bond donors (Lipinski definition) is 1. The molecule has 1 aliphatic rings. The van der Waals surface area contributed by atoms with E-state index in [0.29, 0.717) is 24.9 Å². The molecule has 28 heavy (non-hydrogen) atoms. The quantitative estimate of drug-likeness (QED) is 0.549. The second-order valence-corrected chi connectivity index (χ2v) is 7.97. The van der Waals surface area contributed by atoms with Crippen molar-refractivity contribution in [2.24, 2.45) is 0 Å². The lowest BCUT2D eigenvalue weighted by Crippen LogP contribution is -2.28. The van der Waals surface area contributed by atoms with Crippen molar-refractivity contribution in [1.82, 2.24) is 10.2 Å². The van der Waals surface area contributed by atoms with E-state index < -0.39 is 0 Å². The topological polar surface area (TPSA) is 66.5 Å². The molecule has 0 radical (unpaired) electrons. The van der Waals surface area contributed by atoms with Crippen molar-refractivity contribution in [3.8, 4) is 0 Å². The number of nitrogens with zero attached hydrogens (tertiary/aromatic N) is 1. The zero-order valence-electron chi connectivity index (χ0n) is 15.9. The number of imide groups is 1. The molecule has 1 N–H and O–H groups in total. The fourth-order valence-electron chi connectivity index (χ4n) is 2.96. The molecular formula is C22H24N2O3S. The van der Waals surface area contributed by atoms with E-state index in [1.807, 2.05) is 0 Å². The van der Waals surface area contributed by atoms with E-state index in [1.54, 1.807) is 36.0 Å².